The molecule has 2 aromatic carbocycles. The van der Waals surface area contributed by atoms with Crippen LogP contribution in [0.4, 0.5) is 5.69 Å². The first-order chi connectivity index (χ1) is 12.5. The number of amidine groups is 1. The van der Waals surface area contributed by atoms with Crippen molar-refractivity contribution in [3.05, 3.63) is 54.1 Å². The normalized spacial score (nSPS) is 13.8. The molecule has 1 amide bonds. The quantitative estimate of drug-likeness (QED) is 0.841. The van der Waals surface area contributed by atoms with Gasteiger partial charge in [-0.2, -0.15) is 0 Å². The van der Waals surface area contributed by atoms with Crippen molar-refractivity contribution in [1.29, 1.82) is 0 Å². The van der Waals surface area contributed by atoms with E-state index in [0.29, 0.717) is 35.8 Å². The van der Waals surface area contributed by atoms with Crippen molar-refractivity contribution < 1.29 is 17.9 Å². The Balaban J connectivity index is 1.77. The van der Waals surface area contributed by atoms with Crippen LogP contribution in [0.3, 0.4) is 0 Å². The summed E-state index contributed by atoms with van der Waals surface area (Å²) in [5, 5.41) is 2.70. The zero-order valence-corrected chi connectivity index (χ0v) is 15.0. The lowest BCUT2D eigenvalue weighted by Crippen LogP contribution is -2.29. The molecule has 7 nitrogen and oxygen atoms in total. The van der Waals surface area contributed by atoms with Crippen LogP contribution in [0.1, 0.15) is 23.2 Å². The fraction of sp³-hybridized carbons (Fsp3) is 0.222. The highest BCUT2D eigenvalue weighted by Gasteiger charge is 2.19. The minimum Gasteiger partial charge on any atom is -0.497 e. The van der Waals surface area contributed by atoms with Gasteiger partial charge in [0.15, 0.2) is 0 Å². The number of carbonyl (C=O) groups is 1. The Morgan fingerprint density at radius 1 is 1.15 bits per heavy atom. The van der Waals surface area contributed by atoms with Crippen molar-refractivity contribution in [2.24, 2.45) is 4.99 Å². The predicted molar refractivity (Wildman–Crippen MR) is 99.2 cm³/mol. The summed E-state index contributed by atoms with van der Waals surface area (Å²) in [4.78, 5) is 16.6. The number of rotatable bonds is 5. The van der Waals surface area contributed by atoms with Crippen LogP contribution in [0.5, 0.6) is 5.75 Å². The van der Waals surface area contributed by atoms with Crippen LogP contribution >= 0.6 is 0 Å². The van der Waals surface area contributed by atoms with E-state index in [4.69, 9.17) is 4.74 Å². The fourth-order valence-corrected chi connectivity index (χ4v) is 3.68. The van der Waals surface area contributed by atoms with Crippen LogP contribution in [-0.2, 0) is 10.0 Å². The van der Waals surface area contributed by atoms with E-state index in [1.165, 1.54) is 19.2 Å². The van der Waals surface area contributed by atoms with Gasteiger partial charge in [0.25, 0.3) is 15.9 Å². The summed E-state index contributed by atoms with van der Waals surface area (Å²) in [6, 6.07) is 12.8. The summed E-state index contributed by atoms with van der Waals surface area (Å²) < 4.78 is 32.5. The molecule has 2 N–H and O–H groups in total. The average Bonchev–Trinajstić information content (AvgIpc) is 3.14. The minimum atomic E-state index is -3.73. The largest absolute Gasteiger partial charge is 0.497 e. The maximum atomic E-state index is 12.5. The molecule has 1 aliphatic heterocycles. The first-order valence-corrected chi connectivity index (χ1v) is 9.58. The predicted octanol–water partition coefficient (Wildman–Crippen LogP) is 2.42. The lowest BCUT2D eigenvalue weighted by atomic mass is 10.2. The number of sulfonamides is 1. The number of benzene rings is 2. The smallest absolute Gasteiger partial charge is 0.262 e. The number of ether oxygens (including phenoxy) is 1. The van der Waals surface area contributed by atoms with Crippen LogP contribution in [0.15, 0.2) is 58.4 Å². The number of hydrogen-bond donors (Lipinski definition) is 2. The highest BCUT2D eigenvalue weighted by molar-refractivity contribution is 7.90. The zero-order chi connectivity index (χ0) is 18.6. The summed E-state index contributed by atoms with van der Waals surface area (Å²) in [5.41, 5.74) is 0.796. The van der Waals surface area contributed by atoms with Crippen LogP contribution < -0.4 is 14.8 Å². The third-order valence-corrected chi connectivity index (χ3v) is 5.24. The molecule has 3 rings (SSSR count). The second-order valence-corrected chi connectivity index (χ2v) is 7.43. The molecule has 0 saturated carbocycles. The number of nitrogens with one attached hydrogen (secondary N) is 2. The van der Waals surface area contributed by atoms with Gasteiger partial charge in [0.05, 0.1) is 12.0 Å². The van der Waals surface area contributed by atoms with E-state index in [-0.39, 0.29) is 10.8 Å². The fourth-order valence-electron chi connectivity index (χ4n) is 2.55. The van der Waals surface area contributed by atoms with Gasteiger partial charge in [0.2, 0.25) is 0 Å². The van der Waals surface area contributed by atoms with Crippen molar-refractivity contribution in [2.75, 3.05) is 19.0 Å². The van der Waals surface area contributed by atoms with Gasteiger partial charge >= 0.3 is 0 Å². The maximum Gasteiger partial charge on any atom is 0.262 e. The van der Waals surface area contributed by atoms with Crippen LogP contribution in [0.25, 0.3) is 0 Å². The summed E-state index contributed by atoms with van der Waals surface area (Å²) in [6.07, 6.45) is 1.46. The van der Waals surface area contributed by atoms with Crippen molar-refractivity contribution in [2.45, 2.75) is 17.7 Å². The molecule has 136 valence electrons. The van der Waals surface area contributed by atoms with Gasteiger partial charge in [-0.05, 0) is 42.8 Å². The second-order valence-electron chi connectivity index (χ2n) is 5.75. The first-order valence-electron chi connectivity index (χ1n) is 8.09. The van der Waals surface area contributed by atoms with Gasteiger partial charge in [-0.3, -0.25) is 14.5 Å². The molecule has 0 bridgehead atoms. The number of nitrogens with zero attached hydrogens (tertiary/aromatic N) is 1. The van der Waals surface area contributed by atoms with Gasteiger partial charge < -0.3 is 10.1 Å². The Morgan fingerprint density at radius 2 is 1.96 bits per heavy atom. The topological polar surface area (TPSA) is 96.9 Å². The molecule has 1 aliphatic rings. The summed E-state index contributed by atoms with van der Waals surface area (Å²) >= 11 is 0. The molecular weight excluding hydrogens is 354 g/mol. The Kier molecular flexibility index (Phi) is 5.22. The Hall–Kier alpha value is -2.87. The van der Waals surface area contributed by atoms with Crippen molar-refractivity contribution in [3.8, 4) is 5.75 Å². The number of hydrogen-bond acceptors (Lipinski definition) is 5. The third kappa shape index (κ3) is 4.20. The minimum absolute atomic E-state index is 0.0653. The molecule has 0 aliphatic carbocycles. The standard InChI is InChI=1S/C18H19N3O4S/c1-25-15-7-2-5-13(11-15)18(22)20-14-6-3-8-16(12-14)26(23,24)21-17-9-4-10-19-17/h2-3,5-8,11-12H,4,9-10H2,1H3,(H,19,21)(H,20,22). The Bertz CT molecular complexity index is 954. The maximum absolute atomic E-state index is 12.5. The summed E-state index contributed by atoms with van der Waals surface area (Å²) in [6.45, 7) is 0.633. The molecule has 1 heterocycles. The molecule has 0 spiro atoms. The van der Waals surface area contributed by atoms with E-state index in [1.54, 1.807) is 36.4 Å². The highest BCUT2D eigenvalue weighted by Crippen LogP contribution is 2.18. The molecule has 0 fully saturated rings. The lowest BCUT2D eigenvalue weighted by Gasteiger charge is -2.10. The highest BCUT2D eigenvalue weighted by atomic mass is 32.2. The zero-order valence-electron chi connectivity index (χ0n) is 14.2. The number of amides is 1. The molecule has 0 aromatic heterocycles. The number of carbonyl (C=O) groups excluding carboxylic acids is 1. The van der Waals surface area contributed by atoms with Crippen molar-refractivity contribution in [3.63, 3.8) is 0 Å². The van der Waals surface area contributed by atoms with E-state index >= 15 is 0 Å². The van der Waals surface area contributed by atoms with Gasteiger partial charge in [0.1, 0.15) is 11.6 Å². The van der Waals surface area contributed by atoms with E-state index in [9.17, 15) is 13.2 Å². The molecule has 2 aromatic rings. The van der Waals surface area contributed by atoms with E-state index in [2.05, 4.69) is 15.0 Å². The van der Waals surface area contributed by atoms with E-state index in [0.717, 1.165) is 6.42 Å². The summed E-state index contributed by atoms with van der Waals surface area (Å²) in [7, 11) is -2.21. The van der Waals surface area contributed by atoms with Crippen LogP contribution in [0.2, 0.25) is 0 Å². The third-order valence-electron chi connectivity index (χ3n) is 3.86. The lowest BCUT2D eigenvalue weighted by molar-refractivity contribution is 0.102. The molecular formula is C18H19N3O4S. The molecule has 0 unspecified atom stereocenters. The van der Waals surface area contributed by atoms with Crippen molar-refractivity contribution >= 4 is 27.5 Å². The molecule has 0 saturated heterocycles. The van der Waals surface area contributed by atoms with Gasteiger partial charge in [-0.15, -0.1) is 0 Å². The second kappa shape index (κ2) is 7.57. The van der Waals surface area contributed by atoms with E-state index < -0.39 is 10.0 Å². The SMILES string of the molecule is COc1cccc(C(=O)Nc2cccc(S(=O)(=O)NC3=NCCC3)c2)c1. The van der Waals surface area contributed by atoms with E-state index in [1.807, 2.05) is 0 Å². The summed E-state index contributed by atoms with van der Waals surface area (Å²) in [5.74, 6) is 0.679. The Morgan fingerprint density at radius 3 is 2.69 bits per heavy atom. The number of methoxy groups -OCH3 is 1. The number of anilines is 1. The molecule has 8 heteroatoms. The molecule has 0 atom stereocenters. The monoisotopic (exact) mass is 373 g/mol. The first kappa shape index (κ1) is 17.9. The van der Waals surface area contributed by atoms with Crippen LogP contribution in [0, 0.1) is 0 Å². The van der Waals surface area contributed by atoms with Crippen LogP contribution in [-0.4, -0.2) is 33.8 Å². The Labute approximate surface area is 152 Å². The van der Waals surface area contributed by atoms with Gasteiger partial charge in [-0.25, -0.2) is 8.42 Å². The number of aliphatic imine (C=N–C) groups is 1. The van der Waals surface area contributed by atoms with Gasteiger partial charge in [-0.1, -0.05) is 12.1 Å². The average molecular weight is 373 g/mol. The van der Waals surface area contributed by atoms with Crippen molar-refractivity contribution in [1.82, 2.24) is 4.72 Å². The molecule has 0 radical (unpaired) electrons. The molecule has 26 heavy (non-hydrogen) atoms. The van der Waals surface area contributed by atoms with Gasteiger partial charge in [0, 0.05) is 24.2 Å².